The van der Waals surface area contributed by atoms with Crippen LogP contribution in [0.5, 0.6) is 5.75 Å². The largest absolute Gasteiger partial charge is 0.497 e. The van der Waals surface area contributed by atoms with E-state index in [9.17, 15) is 4.79 Å². The molecule has 25 heavy (non-hydrogen) atoms. The molecule has 0 fully saturated rings. The van der Waals surface area contributed by atoms with E-state index in [1.54, 1.807) is 43.6 Å². The summed E-state index contributed by atoms with van der Waals surface area (Å²) in [7, 11) is -2.52. The molecule has 0 aliphatic rings. The van der Waals surface area contributed by atoms with E-state index in [2.05, 4.69) is 15.3 Å². The quantitative estimate of drug-likeness (QED) is 0.750. The summed E-state index contributed by atoms with van der Waals surface area (Å²) in [6.07, 6.45) is 3.37. The maximum absolute atomic E-state index is 12.7. The van der Waals surface area contributed by atoms with Gasteiger partial charge in [0.05, 0.1) is 22.9 Å². The lowest BCUT2D eigenvalue weighted by Crippen LogP contribution is -2.26. The number of nitrogens with zero attached hydrogens (tertiary/aromatic N) is 2. The Hall–Kier alpha value is -2.73. The number of methoxy groups -OCH3 is 1. The molecule has 0 aliphatic heterocycles. The number of aromatic nitrogens is 2. The predicted octanol–water partition coefficient (Wildman–Crippen LogP) is 4.01. The molecule has 0 saturated carbocycles. The topological polar surface area (TPSA) is 64.1 Å². The van der Waals surface area contributed by atoms with Crippen LogP contribution < -0.4 is 10.1 Å². The second-order valence-corrected chi connectivity index (χ2v) is 6.54. The third-order valence-corrected chi connectivity index (χ3v) is 4.96. The fourth-order valence-corrected chi connectivity index (χ4v) is 3.39. The zero-order valence-corrected chi connectivity index (χ0v) is 14.6. The Balaban J connectivity index is 1.75. The van der Waals surface area contributed by atoms with E-state index < -0.39 is 7.04 Å². The van der Waals surface area contributed by atoms with Gasteiger partial charge in [-0.1, -0.05) is 12.1 Å². The van der Waals surface area contributed by atoms with Crippen LogP contribution in [0.25, 0.3) is 10.6 Å². The number of ether oxygens (including phenoxy) is 1. The number of amides is 1. The van der Waals surface area contributed by atoms with Crippen molar-refractivity contribution in [3.05, 3.63) is 64.9 Å². The summed E-state index contributed by atoms with van der Waals surface area (Å²) in [5, 5.41) is 3.69. The summed E-state index contributed by atoms with van der Waals surface area (Å²) in [6, 6.07) is 10.0. The lowest BCUT2D eigenvalue weighted by Gasteiger charge is -2.14. The minimum absolute atomic E-state index is 0.229. The second-order valence-electron chi connectivity index (χ2n) is 5.54. The number of hydrogen-bond donors (Lipinski definition) is 1. The molecule has 6 heteroatoms. The third-order valence-electron chi connectivity index (χ3n) is 3.75. The van der Waals surface area contributed by atoms with Gasteiger partial charge < -0.3 is 10.1 Å². The van der Waals surface area contributed by atoms with Gasteiger partial charge in [-0.3, -0.25) is 9.78 Å². The summed E-state index contributed by atoms with van der Waals surface area (Å²) in [6.45, 7) is 3.62. The fraction of sp³-hybridized carbons (Fsp3) is 0.211. The van der Waals surface area contributed by atoms with E-state index in [0.717, 1.165) is 16.1 Å². The molecule has 2 heterocycles. The predicted molar refractivity (Wildman–Crippen MR) is 99.0 cm³/mol. The van der Waals surface area contributed by atoms with Gasteiger partial charge in [0.15, 0.2) is 0 Å². The zero-order valence-electron chi connectivity index (χ0n) is 16.8. The number of carbonyl (C=O) groups is 1. The molecule has 0 bridgehead atoms. The molecule has 0 spiro atoms. The van der Waals surface area contributed by atoms with Crippen molar-refractivity contribution in [3.63, 3.8) is 0 Å². The van der Waals surface area contributed by atoms with Crippen molar-refractivity contribution in [2.24, 2.45) is 0 Å². The standard InChI is InChI=1S/C19H19N3O2S/c1-12(15-5-4-6-16(11-15)24-3)21-18(23)17-13(2)22-19(25-17)14-7-9-20-10-8-14/h4-12H,1-3H3,(H,21,23)/i3D3. The Labute approximate surface area is 154 Å². The van der Waals surface area contributed by atoms with Gasteiger partial charge >= 0.3 is 0 Å². The van der Waals surface area contributed by atoms with Crippen LogP contribution in [0.2, 0.25) is 0 Å². The molecule has 3 aromatic rings. The van der Waals surface area contributed by atoms with Gasteiger partial charge in [0.2, 0.25) is 0 Å². The molecule has 1 atom stereocenters. The lowest BCUT2D eigenvalue weighted by molar-refractivity contribution is 0.0943. The molecule has 128 valence electrons. The van der Waals surface area contributed by atoms with E-state index in [-0.39, 0.29) is 17.7 Å². The first-order valence-corrected chi connectivity index (χ1v) is 8.52. The molecule has 0 radical (unpaired) electrons. The molecule has 5 nitrogen and oxygen atoms in total. The normalized spacial score (nSPS) is 14.1. The molecule has 0 saturated heterocycles. The molecular formula is C19H19N3O2S. The highest BCUT2D eigenvalue weighted by Gasteiger charge is 2.18. The lowest BCUT2D eigenvalue weighted by atomic mass is 10.1. The molecule has 2 aromatic heterocycles. The molecule has 1 unspecified atom stereocenters. The maximum atomic E-state index is 12.7. The Kier molecular flexibility index (Phi) is 4.03. The van der Waals surface area contributed by atoms with Gasteiger partial charge in [0.25, 0.3) is 5.91 Å². The van der Waals surface area contributed by atoms with Gasteiger partial charge in [-0.05, 0) is 43.7 Å². The molecule has 1 N–H and O–H groups in total. The summed E-state index contributed by atoms with van der Waals surface area (Å²) in [5.41, 5.74) is 2.30. The van der Waals surface area contributed by atoms with Crippen LogP contribution in [-0.2, 0) is 0 Å². The first kappa shape index (κ1) is 13.5. The van der Waals surface area contributed by atoms with Crippen LogP contribution in [0.3, 0.4) is 0 Å². The monoisotopic (exact) mass is 356 g/mol. The SMILES string of the molecule is [2H]C([2H])([2H])Oc1cccc(C(C)NC(=O)c2sc(-c3ccncc3)nc2C)c1. The van der Waals surface area contributed by atoms with Crippen molar-refractivity contribution in [2.45, 2.75) is 19.9 Å². The van der Waals surface area contributed by atoms with Crippen molar-refractivity contribution >= 4 is 17.2 Å². The smallest absolute Gasteiger partial charge is 0.263 e. The first-order valence-electron chi connectivity index (χ1n) is 9.20. The van der Waals surface area contributed by atoms with Crippen molar-refractivity contribution in [3.8, 4) is 16.3 Å². The van der Waals surface area contributed by atoms with Crippen molar-refractivity contribution in [1.29, 1.82) is 0 Å². The summed E-state index contributed by atoms with van der Waals surface area (Å²) in [4.78, 5) is 21.7. The highest BCUT2D eigenvalue weighted by atomic mass is 32.1. The summed E-state index contributed by atoms with van der Waals surface area (Å²) < 4.78 is 26.5. The van der Waals surface area contributed by atoms with E-state index >= 15 is 0 Å². The van der Waals surface area contributed by atoms with Crippen LogP contribution in [-0.4, -0.2) is 22.9 Å². The van der Waals surface area contributed by atoms with Gasteiger partial charge in [-0.15, -0.1) is 11.3 Å². The number of pyridine rings is 1. The first-order chi connectivity index (χ1) is 13.2. The average Bonchev–Trinajstić information content (AvgIpc) is 3.03. The molecule has 3 rings (SSSR count). The molecular weight excluding hydrogens is 334 g/mol. The van der Waals surface area contributed by atoms with Crippen LogP contribution in [0.1, 0.15) is 38.0 Å². The Morgan fingerprint density at radius 3 is 2.88 bits per heavy atom. The number of nitrogens with one attached hydrogen (secondary N) is 1. The highest BCUT2D eigenvalue weighted by molar-refractivity contribution is 7.17. The molecule has 0 aliphatic carbocycles. The highest BCUT2D eigenvalue weighted by Crippen LogP contribution is 2.28. The van der Waals surface area contributed by atoms with Crippen LogP contribution in [0.15, 0.2) is 48.8 Å². The second kappa shape index (κ2) is 7.44. The van der Waals surface area contributed by atoms with Crippen LogP contribution >= 0.6 is 11.3 Å². The Morgan fingerprint density at radius 1 is 1.32 bits per heavy atom. The van der Waals surface area contributed by atoms with E-state index in [1.165, 1.54) is 11.3 Å². The van der Waals surface area contributed by atoms with Gasteiger partial charge in [-0.2, -0.15) is 0 Å². The third kappa shape index (κ3) is 3.85. The number of rotatable bonds is 5. The molecule has 1 amide bonds. The van der Waals surface area contributed by atoms with E-state index in [0.29, 0.717) is 10.6 Å². The number of carbonyl (C=O) groups excluding carboxylic acids is 1. The number of hydrogen-bond acceptors (Lipinski definition) is 5. The number of benzene rings is 1. The van der Waals surface area contributed by atoms with E-state index in [1.807, 2.05) is 19.1 Å². The average molecular weight is 356 g/mol. The number of thiazole rings is 1. The van der Waals surface area contributed by atoms with Crippen molar-refractivity contribution in [1.82, 2.24) is 15.3 Å². The van der Waals surface area contributed by atoms with E-state index in [4.69, 9.17) is 8.85 Å². The van der Waals surface area contributed by atoms with Crippen molar-refractivity contribution < 1.29 is 13.6 Å². The van der Waals surface area contributed by atoms with Crippen LogP contribution in [0, 0.1) is 6.92 Å². The fourth-order valence-electron chi connectivity index (χ4n) is 2.42. The summed E-state index contributed by atoms with van der Waals surface area (Å²) >= 11 is 1.32. The maximum Gasteiger partial charge on any atom is 0.263 e. The van der Waals surface area contributed by atoms with Gasteiger partial charge in [-0.25, -0.2) is 4.98 Å². The zero-order chi connectivity index (χ0) is 20.3. The van der Waals surface area contributed by atoms with Crippen molar-refractivity contribution in [2.75, 3.05) is 7.04 Å². The van der Waals surface area contributed by atoms with Gasteiger partial charge in [0, 0.05) is 18.0 Å². The number of aryl methyl sites for hydroxylation is 1. The van der Waals surface area contributed by atoms with Crippen LogP contribution in [0.4, 0.5) is 0 Å². The minimum Gasteiger partial charge on any atom is -0.497 e. The Morgan fingerprint density at radius 2 is 2.12 bits per heavy atom. The Bertz CT molecular complexity index is 974. The minimum atomic E-state index is -2.52. The van der Waals surface area contributed by atoms with Gasteiger partial charge in [0.1, 0.15) is 15.6 Å². The summed E-state index contributed by atoms with van der Waals surface area (Å²) in [5.74, 6) is -0.00232. The molecule has 1 aromatic carbocycles.